The first-order chi connectivity index (χ1) is 8.95. The normalized spacial score (nSPS) is 12.3. The predicted molar refractivity (Wildman–Crippen MR) is 77.4 cm³/mol. The van der Waals surface area contributed by atoms with E-state index in [0.29, 0.717) is 11.3 Å². The number of benzene rings is 1. The molecule has 1 aromatic carbocycles. The summed E-state index contributed by atoms with van der Waals surface area (Å²) in [6.07, 6.45) is 1.70. The van der Waals surface area contributed by atoms with Gasteiger partial charge in [-0.3, -0.25) is 4.98 Å². The minimum Gasteiger partial charge on any atom is -0.419 e. The number of hydrogen-bond donors (Lipinski definition) is 0. The van der Waals surface area contributed by atoms with Crippen LogP contribution in [-0.4, -0.2) is 42.5 Å². The highest BCUT2D eigenvalue weighted by molar-refractivity contribution is 7.54. The molecule has 6 heteroatoms. The molecule has 1 aromatic heterocycles. The van der Waals surface area contributed by atoms with E-state index in [1.165, 1.54) is 0 Å². The van der Waals surface area contributed by atoms with Gasteiger partial charge in [-0.25, -0.2) is 13.9 Å². The third-order valence-corrected chi connectivity index (χ3v) is 5.28. The van der Waals surface area contributed by atoms with Crippen LogP contribution in [0.15, 0.2) is 36.5 Å². The van der Waals surface area contributed by atoms with Gasteiger partial charge in [-0.1, -0.05) is 18.2 Å². The molecule has 0 aliphatic rings. The second-order valence-corrected chi connectivity index (χ2v) is 7.37. The molecule has 5 nitrogen and oxygen atoms in total. The van der Waals surface area contributed by atoms with E-state index in [1.807, 2.05) is 24.3 Å². The van der Waals surface area contributed by atoms with E-state index in [0.717, 1.165) is 5.39 Å². The summed E-state index contributed by atoms with van der Waals surface area (Å²) >= 11 is 0. The number of nitrogens with zero attached hydrogens (tertiary/aromatic N) is 3. The maximum Gasteiger partial charge on any atom is 0.394 e. The average Bonchev–Trinajstić information content (AvgIpc) is 2.38. The van der Waals surface area contributed by atoms with E-state index < -0.39 is 7.67 Å². The maximum atomic E-state index is 12.8. The summed E-state index contributed by atoms with van der Waals surface area (Å²) in [7, 11) is 3.88. The summed E-state index contributed by atoms with van der Waals surface area (Å²) in [6.45, 7) is 0. The Balaban J connectivity index is 2.49. The van der Waals surface area contributed by atoms with E-state index in [-0.39, 0.29) is 0 Å². The first-order valence-electron chi connectivity index (χ1n) is 5.94. The number of aromatic nitrogens is 1. The van der Waals surface area contributed by atoms with Crippen LogP contribution >= 0.6 is 7.67 Å². The van der Waals surface area contributed by atoms with E-state index in [4.69, 9.17) is 4.52 Å². The van der Waals surface area contributed by atoms with E-state index >= 15 is 0 Å². The summed E-state index contributed by atoms with van der Waals surface area (Å²) in [4.78, 5) is 4.30. The maximum absolute atomic E-state index is 12.8. The van der Waals surface area contributed by atoms with E-state index in [9.17, 15) is 4.57 Å². The summed E-state index contributed by atoms with van der Waals surface area (Å²) in [5.74, 6) is 0.531. The SMILES string of the molecule is CN(C)P(=O)(Oc1cccc2cccnc12)N(C)C. The monoisotopic (exact) mass is 279 g/mol. The van der Waals surface area contributed by atoms with Crippen molar-refractivity contribution in [2.75, 3.05) is 28.2 Å². The largest absolute Gasteiger partial charge is 0.419 e. The fraction of sp³-hybridized carbons (Fsp3) is 0.308. The molecule has 0 atom stereocenters. The fourth-order valence-corrected chi connectivity index (χ4v) is 3.24. The Bertz CT molecular complexity index is 611. The second kappa shape index (κ2) is 5.29. The fourth-order valence-electron chi connectivity index (χ4n) is 1.80. The average molecular weight is 279 g/mol. The van der Waals surface area contributed by atoms with Gasteiger partial charge in [0, 0.05) is 11.6 Å². The van der Waals surface area contributed by atoms with Crippen LogP contribution in [0.4, 0.5) is 0 Å². The highest BCUT2D eigenvalue weighted by atomic mass is 31.2. The molecule has 0 amide bonds. The van der Waals surface area contributed by atoms with Crippen molar-refractivity contribution < 1.29 is 9.09 Å². The molecule has 0 fully saturated rings. The smallest absolute Gasteiger partial charge is 0.394 e. The van der Waals surface area contributed by atoms with Gasteiger partial charge in [0.05, 0.1) is 0 Å². The van der Waals surface area contributed by atoms with Crippen molar-refractivity contribution in [1.82, 2.24) is 14.3 Å². The molecule has 0 aliphatic heterocycles. The van der Waals surface area contributed by atoms with Gasteiger partial charge >= 0.3 is 7.67 Å². The molecule has 2 aromatic rings. The molecule has 0 unspecified atom stereocenters. The topological polar surface area (TPSA) is 45.7 Å². The summed E-state index contributed by atoms with van der Waals surface area (Å²) in [5, 5.41) is 0.962. The van der Waals surface area contributed by atoms with Gasteiger partial charge in [-0.15, -0.1) is 0 Å². The molecule has 0 saturated carbocycles. The second-order valence-electron chi connectivity index (χ2n) is 4.61. The molecule has 0 radical (unpaired) electrons. The number of fused-ring (bicyclic) bond motifs is 1. The molecule has 0 aliphatic carbocycles. The van der Waals surface area contributed by atoms with Crippen molar-refractivity contribution >= 4 is 18.6 Å². The Hall–Kier alpha value is -1.42. The lowest BCUT2D eigenvalue weighted by molar-refractivity contribution is 0.355. The van der Waals surface area contributed by atoms with Crippen LogP contribution in [0.2, 0.25) is 0 Å². The van der Waals surface area contributed by atoms with Gasteiger partial charge in [0.2, 0.25) is 0 Å². The predicted octanol–water partition coefficient (Wildman–Crippen LogP) is 2.84. The zero-order chi connectivity index (χ0) is 14.0. The van der Waals surface area contributed by atoms with Crippen LogP contribution < -0.4 is 4.52 Å². The van der Waals surface area contributed by atoms with Crippen LogP contribution in [0.1, 0.15) is 0 Å². The zero-order valence-electron chi connectivity index (χ0n) is 11.6. The summed E-state index contributed by atoms with van der Waals surface area (Å²) in [5.41, 5.74) is 0.717. The van der Waals surface area contributed by atoms with Crippen molar-refractivity contribution in [2.45, 2.75) is 0 Å². The van der Waals surface area contributed by atoms with Crippen molar-refractivity contribution in [1.29, 1.82) is 0 Å². The van der Waals surface area contributed by atoms with Crippen LogP contribution in [-0.2, 0) is 4.57 Å². The third kappa shape index (κ3) is 2.63. The number of rotatable bonds is 4. The standard InChI is InChI=1S/C13H18N3O2P/c1-15(2)19(17,16(3)4)18-12-9-5-7-11-8-6-10-14-13(11)12/h5-10H,1-4H3. The quantitative estimate of drug-likeness (QED) is 0.805. The Labute approximate surface area is 113 Å². The minimum atomic E-state index is -3.06. The molecular formula is C13H18N3O2P. The van der Waals surface area contributed by atoms with Crippen LogP contribution in [0.25, 0.3) is 10.9 Å². The molecule has 102 valence electrons. The lowest BCUT2D eigenvalue weighted by atomic mass is 10.2. The summed E-state index contributed by atoms with van der Waals surface area (Å²) in [6, 6.07) is 9.42. The van der Waals surface area contributed by atoms with Crippen molar-refractivity contribution in [3.05, 3.63) is 36.5 Å². The highest BCUT2D eigenvalue weighted by Crippen LogP contribution is 2.51. The van der Waals surface area contributed by atoms with E-state index in [2.05, 4.69) is 4.98 Å². The van der Waals surface area contributed by atoms with Gasteiger partial charge in [-0.2, -0.15) is 0 Å². The Morgan fingerprint density at radius 3 is 2.32 bits per heavy atom. The van der Waals surface area contributed by atoms with Crippen LogP contribution in [0, 0.1) is 0 Å². The Morgan fingerprint density at radius 1 is 1.05 bits per heavy atom. The Morgan fingerprint density at radius 2 is 1.68 bits per heavy atom. The van der Waals surface area contributed by atoms with Crippen LogP contribution in [0.3, 0.4) is 0 Å². The number of hydrogen-bond acceptors (Lipinski definition) is 3. The molecule has 0 N–H and O–H groups in total. The first-order valence-corrected chi connectivity index (χ1v) is 7.47. The van der Waals surface area contributed by atoms with Gasteiger partial charge < -0.3 is 4.52 Å². The van der Waals surface area contributed by atoms with Crippen molar-refractivity contribution in [3.63, 3.8) is 0 Å². The third-order valence-electron chi connectivity index (χ3n) is 2.82. The molecule has 19 heavy (non-hydrogen) atoms. The molecule has 0 saturated heterocycles. The molecule has 0 spiro atoms. The number of para-hydroxylation sites is 1. The summed E-state index contributed by atoms with van der Waals surface area (Å²) < 4.78 is 21.8. The van der Waals surface area contributed by atoms with E-state index in [1.54, 1.807) is 49.8 Å². The lowest BCUT2D eigenvalue weighted by Crippen LogP contribution is -2.24. The molecule has 0 bridgehead atoms. The zero-order valence-corrected chi connectivity index (χ0v) is 12.5. The van der Waals surface area contributed by atoms with Crippen molar-refractivity contribution in [2.24, 2.45) is 0 Å². The molecule has 1 heterocycles. The Kier molecular flexibility index (Phi) is 3.90. The van der Waals surface area contributed by atoms with Gasteiger partial charge in [0.15, 0.2) is 5.75 Å². The van der Waals surface area contributed by atoms with Gasteiger partial charge in [0.1, 0.15) is 5.52 Å². The lowest BCUT2D eigenvalue weighted by Gasteiger charge is -2.29. The molecular weight excluding hydrogens is 261 g/mol. The molecule has 2 rings (SSSR count). The highest BCUT2D eigenvalue weighted by Gasteiger charge is 2.31. The van der Waals surface area contributed by atoms with Crippen LogP contribution in [0.5, 0.6) is 5.75 Å². The minimum absolute atomic E-state index is 0.531. The van der Waals surface area contributed by atoms with Gasteiger partial charge in [-0.05, 0) is 40.3 Å². The van der Waals surface area contributed by atoms with Crippen molar-refractivity contribution in [3.8, 4) is 5.75 Å². The van der Waals surface area contributed by atoms with Gasteiger partial charge in [0.25, 0.3) is 0 Å². The number of pyridine rings is 1. The first kappa shape index (κ1) is 14.0.